The number of nitrogens with zero attached hydrogens (tertiary/aromatic N) is 2. The molecule has 2 heterocycles. The molecule has 0 saturated carbocycles. The van der Waals surface area contributed by atoms with Crippen molar-refractivity contribution in [2.75, 3.05) is 31.7 Å². The fourth-order valence-electron chi connectivity index (χ4n) is 1.91. The van der Waals surface area contributed by atoms with Crippen LogP contribution in [0.15, 0.2) is 18.3 Å². The maximum Gasteiger partial charge on any atom is 0.341 e. The van der Waals surface area contributed by atoms with Crippen molar-refractivity contribution in [3.05, 3.63) is 23.9 Å². The summed E-state index contributed by atoms with van der Waals surface area (Å²) >= 11 is 0. The van der Waals surface area contributed by atoms with Gasteiger partial charge in [-0.05, 0) is 12.1 Å². The second-order valence-electron chi connectivity index (χ2n) is 4.01. The molecule has 0 radical (unpaired) electrons. The van der Waals surface area contributed by atoms with Crippen LogP contribution in [0.2, 0.25) is 0 Å². The standard InChI is InChI=1S/C12H14N2O5/c1-18-12(17)8-3-2-4-13-10(8)14-5-6-19-9(7-14)11(15)16/h2-4,9H,5-7H2,1H3,(H,15,16). The second kappa shape index (κ2) is 5.66. The first-order valence-electron chi connectivity index (χ1n) is 5.76. The van der Waals surface area contributed by atoms with Crippen LogP contribution in [0.4, 0.5) is 5.82 Å². The third-order valence-corrected chi connectivity index (χ3v) is 2.83. The summed E-state index contributed by atoms with van der Waals surface area (Å²) in [5.74, 6) is -1.11. The van der Waals surface area contributed by atoms with Crippen LogP contribution in [0.1, 0.15) is 10.4 Å². The molecule has 19 heavy (non-hydrogen) atoms. The Morgan fingerprint density at radius 3 is 3.05 bits per heavy atom. The van der Waals surface area contributed by atoms with Crippen molar-refractivity contribution >= 4 is 17.8 Å². The van der Waals surface area contributed by atoms with Crippen LogP contribution in [0.5, 0.6) is 0 Å². The number of hydrogen-bond acceptors (Lipinski definition) is 6. The molecule has 0 aromatic carbocycles. The monoisotopic (exact) mass is 266 g/mol. The van der Waals surface area contributed by atoms with Crippen molar-refractivity contribution in [3.63, 3.8) is 0 Å². The van der Waals surface area contributed by atoms with Gasteiger partial charge in [0.15, 0.2) is 6.10 Å². The van der Waals surface area contributed by atoms with E-state index in [1.165, 1.54) is 7.11 Å². The topological polar surface area (TPSA) is 89.0 Å². The summed E-state index contributed by atoms with van der Waals surface area (Å²) in [6.07, 6.45) is 0.633. The Bertz CT molecular complexity index is 491. The number of anilines is 1. The van der Waals surface area contributed by atoms with Gasteiger partial charge in [-0.3, -0.25) is 0 Å². The molecule has 1 fully saturated rings. The summed E-state index contributed by atoms with van der Waals surface area (Å²) in [7, 11) is 1.29. The van der Waals surface area contributed by atoms with Gasteiger partial charge in [0.2, 0.25) is 0 Å². The van der Waals surface area contributed by atoms with E-state index in [1.54, 1.807) is 23.2 Å². The zero-order valence-corrected chi connectivity index (χ0v) is 10.4. The van der Waals surface area contributed by atoms with Crippen molar-refractivity contribution in [1.82, 2.24) is 4.98 Å². The highest BCUT2D eigenvalue weighted by Crippen LogP contribution is 2.20. The first-order chi connectivity index (χ1) is 9.13. The maximum absolute atomic E-state index is 11.7. The number of ether oxygens (including phenoxy) is 2. The van der Waals surface area contributed by atoms with E-state index >= 15 is 0 Å². The molecule has 0 amide bonds. The normalized spacial score (nSPS) is 19.0. The summed E-state index contributed by atoms with van der Waals surface area (Å²) in [6, 6.07) is 3.23. The van der Waals surface area contributed by atoms with Crippen molar-refractivity contribution in [1.29, 1.82) is 0 Å². The predicted octanol–water partition coefficient (Wildman–Crippen LogP) is 0.158. The highest BCUT2D eigenvalue weighted by molar-refractivity contribution is 5.94. The zero-order chi connectivity index (χ0) is 13.8. The van der Waals surface area contributed by atoms with Gasteiger partial charge < -0.3 is 19.5 Å². The van der Waals surface area contributed by atoms with Crippen LogP contribution in [-0.4, -0.2) is 54.9 Å². The SMILES string of the molecule is COC(=O)c1cccnc1N1CCOC(C(=O)O)C1. The van der Waals surface area contributed by atoms with Crippen molar-refractivity contribution in [2.24, 2.45) is 0 Å². The number of aromatic nitrogens is 1. The van der Waals surface area contributed by atoms with E-state index in [1.807, 2.05) is 0 Å². The van der Waals surface area contributed by atoms with Gasteiger partial charge in [0.25, 0.3) is 0 Å². The van der Waals surface area contributed by atoms with Crippen LogP contribution >= 0.6 is 0 Å². The molecule has 1 unspecified atom stereocenters. The molecular weight excluding hydrogens is 252 g/mol. The maximum atomic E-state index is 11.7. The molecule has 1 aromatic heterocycles. The number of methoxy groups -OCH3 is 1. The first kappa shape index (κ1) is 13.3. The van der Waals surface area contributed by atoms with Gasteiger partial charge in [0, 0.05) is 12.7 Å². The van der Waals surface area contributed by atoms with Gasteiger partial charge in [0.1, 0.15) is 11.4 Å². The average molecular weight is 266 g/mol. The van der Waals surface area contributed by atoms with E-state index in [4.69, 9.17) is 9.84 Å². The van der Waals surface area contributed by atoms with Crippen LogP contribution in [-0.2, 0) is 14.3 Å². The van der Waals surface area contributed by atoms with Crippen LogP contribution in [0.25, 0.3) is 0 Å². The van der Waals surface area contributed by atoms with Crippen LogP contribution < -0.4 is 4.90 Å². The van der Waals surface area contributed by atoms with Gasteiger partial charge in [-0.1, -0.05) is 0 Å². The Labute approximate surface area is 109 Å². The number of esters is 1. The average Bonchev–Trinajstić information content (AvgIpc) is 2.46. The largest absolute Gasteiger partial charge is 0.479 e. The molecule has 1 N–H and O–H groups in total. The van der Waals surface area contributed by atoms with Gasteiger partial charge >= 0.3 is 11.9 Å². The number of hydrogen-bond donors (Lipinski definition) is 1. The fourth-order valence-corrected chi connectivity index (χ4v) is 1.91. The molecule has 1 saturated heterocycles. The number of carbonyl (C=O) groups excluding carboxylic acids is 1. The lowest BCUT2D eigenvalue weighted by Gasteiger charge is -2.32. The Hall–Kier alpha value is -2.15. The summed E-state index contributed by atoms with van der Waals surface area (Å²) in [6.45, 7) is 0.898. The van der Waals surface area contributed by atoms with Gasteiger partial charge in [-0.15, -0.1) is 0 Å². The lowest BCUT2D eigenvalue weighted by atomic mass is 10.2. The van der Waals surface area contributed by atoms with Crippen molar-refractivity contribution < 1.29 is 24.2 Å². The third-order valence-electron chi connectivity index (χ3n) is 2.83. The predicted molar refractivity (Wildman–Crippen MR) is 65.2 cm³/mol. The molecular formula is C12H14N2O5. The number of aliphatic carboxylic acids is 1. The lowest BCUT2D eigenvalue weighted by Crippen LogP contribution is -2.46. The number of carboxylic acids is 1. The van der Waals surface area contributed by atoms with E-state index < -0.39 is 18.0 Å². The molecule has 7 heteroatoms. The van der Waals surface area contributed by atoms with Gasteiger partial charge in [-0.2, -0.15) is 0 Å². The molecule has 2 rings (SSSR count). The molecule has 0 bridgehead atoms. The van der Waals surface area contributed by atoms with Crippen LogP contribution in [0.3, 0.4) is 0 Å². The highest BCUT2D eigenvalue weighted by atomic mass is 16.5. The van der Waals surface area contributed by atoms with E-state index in [0.29, 0.717) is 17.9 Å². The zero-order valence-electron chi connectivity index (χ0n) is 10.4. The lowest BCUT2D eigenvalue weighted by molar-refractivity contribution is -0.150. The summed E-state index contributed by atoms with van der Waals surface area (Å²) in [5.41, 5.74) is 0.316. The Kier molecular flexibility index (Phi) is 3.96. The van der Waals surface area contributed by atoms with Crippen molar-refractivity contribution in [3.8, 4) is 0 Å². The molecule has 1 atom stereocenters. The summed E-state index contributed by atoms with van der Waals surface area (Å²) < 4.78 is 9.82. The molecule has 102 valence electrons. The van der Waals surface area contributed by atoms with Crippen LogP contribution in [0, 0.1) is 0 Å². The van der Waals surface area contributed by atoms with E-state index in [-0.39, 0.29) is 13.2 Å². The summed E-state index contributed by atoms with van der Waals surface area (Å²) in [4.78, 5) is 28.5. The minimum absolute atomic E-state index is 0.149. The Morgan fingerprint density at radius 2 is 2.37 bits per heavy atom. The number of carbonyl (C=O) groups is 2. The molecule has 1 aliphatic rings. The third kappa shape index (κ3) is 2.82. The molecule has 7 nitrogen and oxygen atoms in total. The van der Waals surface area contributed by atoms with Crippen molar-refractivity contribution in [2.45, 2.75) is 6.10 Å². The molecule has 1 aliphatic heterocycles. The molecule has 1 aromatic rings. The number of pyridine rings is 1. The molecule has 0 spiro atoms. The summed E-state index contributed by atoms with van der Waals surface area (Å²) in [5, 5.41) is 8.96. The van der Waals surface area contributed by atoms with E-state index in [9.17, 15) is 9.59 Å². The first-order valence-corrected chi connectivity index (χ1v) is 5.76. The second-order valence-corrected chi connectivity index (χ2v) is 4.01. The number of rotatable bonds is 3. The van der Waals surface area contributed by atoms with Gasteiger partial charge in [0.05, 0.1) is 20.3 Å². The minimum Gasteiger partial charge on any atom is -0.479 e. The quantitative estimate of drug-likeness (QED) is 0.779. The van der Waals surface area contributed by atoms with Gasteiger partial charge in [-0.25, -0.2) is 14.6 Å². The molecule has 0 aliphatic carbocycles. The minimum atomic E-state index is -1.03. The van der Waals surface area contributed by atoms with E-state index in [2.05, 4.69) is 9.72 Å². The van der Waals surface area contributed by atoms with E-state index in [0.717, 1.165) is 0 Å². The number of carboxylic acid groups (broad SMARTS) is 1. The smallest absolute Gasteiger partial charge is 0.341 e. The highest BCUT2D eigenvalue weighted by Gasteiger charge is 2.29. The number of morpholine rings is 1. The fraction of sp³-hybridized carbons (Fsp3) is 0.417. The Morgan fingerprint density at radius 1 is 1.58 bits per heavy atom. The Balaban J connectivity index is 2.26.